The summed E-state index contributed by atoms with van der Waals surface area (Å²) in [4.78, 5) is 39.7. The summed E-state index contributed by atoms with van der Waals surface area (Å²) in [6.07, 6.45) is -3.85. The third-order valence-corrected chi connectivity index (χ3v) is 6.96. The Bertz CT molecular complexity index is 1090. The Morgan fingerprint density at radius 2 is 1.79 bits per heavy atom. The van der Waals surface area contributed by atoms with Crippen LogP contribution in [-0.2, 0) is 14.3 Å². The summed E-state index contributed by atoms with van der Waals surface area (Å²) in [5, 5.41) is 41.5. The number of carbonyl (C=O) groups excluding carboxylic acids is 2. The number of fused-ring (bicyclic) bond motifs is 1. The lowest BCUT2D eigenvalue weighted by atomic mass is 9.76. The van der Waals surface area contributed by atoms with Crippen molar-refractivity contribution in [3.63, 3.8) is 0 Å². The number of aliphatic hydroxyl groups is 1. The van der Waals surface area contributed by atoms with Gasteiger partial charge in [0.15, 0.2) is 11.6 Å². The zero-order valence-corrected chi connectivity index (χ0v) is 19.4. The molecule has 0 radical (unpaired) electrons. The van der Waals surface area contributed by atoms with Crippen LogP contribution in [0.4, 0.5) is 0 Å². The molecule has 2 aliphatic heterocycles. The summed E-state index contributed by atoms with van der Waals surface area (Å²) in [5.41, 5.74) is -0.301. The fourth-order valence-electron chi connectivity index (χ4n) is 5.28. The van der Waals surface area contributed by atoms with Crippen LogP contribution in [0, 0.1) is 0 Å². The van der Waals surface area contributed by atoms with Gasteiger partial charge in [0.05, 0.1) is 48.1 Å². The van der Waals surface area contributed by atoms with Crippen molar-refractivity contribution in [2.24, 2.45) is 0 Å². The van der Waals surface area contributed by atoms with Crippen LogP contribution in [0.2, 0.25) is 0 Å². The van der Waals surface area contributed by atoms with Crippen molar-refractivity contribution in [1.82, 2.24) is 4.90 Å². The van der Waals surface area contributed by atoms with Gasteiger partial charge in [-0.3, -0.25) is 14.4 Å². The summed E-state index contributed by atoms with van der Waals surface area (Å²) in [6.45, 7) is 3.25. The number of aliphatic carboxylic acids is 1. The van der Waals surface area contributed by atoms with E-state index >= 15 is 0 Å². The average Bonchev–Trinajstić information content (AvgIpc) is 2.74. The van der Waals surface area contributed by atoms with Crippen LogP contribution in [0.15, 0.2) is 17.2 Å². The molecule has 1 aromatic rings. The molecular formula is C24H29NO9. The summed E-state index contributed by atoms with van der Waals surface area (Å²) >= 11 is 0. The third-order valence-electron chi connectivity index (χ3n) is 6.96. The van der Waals surface area contributed by atoms with Crippen LogP contribution in [0.3, 0.4) is 0 Å². The first-order valence-electron chi connectivity index (χ1n) is 11.2. The van der Waals surface area contributed by atoms with Crippen LogP contribution in [0.1, 0.15) is 65.5 Å². The number of aromatic hydroxyl groups is 2. The van der Waals surface area contributed by atoms with Gasteiger partial charge in [0.2, 0.25) is 0 Å². The van der Waals surface area contributed by atoms with Crippen LogP contribution in [0.25, 0.3) is 0 Å². The van der Waals surface area contributed by atoms with Crippen molar-refractivity contribution in [1.29, 1.82) is 0 Å². The first-order valence-corrected chi connectivity index (χ1v) is 11.2. The van der Waals surface area contributed by atoms with E-state index in [9.17, 15) is 29.7 Å². The Morgan fingerprint density at radius 3 is 2.41 bits per heavy atom. The predicted molar refractivity (Wildman–Crippen MR) is 118 cm³/mol. The lowest BCUT2D eigenvalue weighted by Crippen LogP contribution is -2.50. The highest BCUT2D eigenvalue weighted by atomic mass is 16.5. The van der Waals surface area contributed by atoms with E-state index in [-0.39, 0.29) is 53.1 Å². The molecule has 34 heavy (non-hydrogen) atoms. The van der Waals surface area contributed by atoms with E-state index in [1.54, 1.807) is 13.8 Å². The van der Waals surface area contributed by atoms with Gasteiger partial charge in [0.25, 0.3) is 0 Å². The van der Waals surface area contributed by atoms with E-state index in [4.69, 9.17) is 14.6 Å². The van der Waals surface area contributed by atoms with Crippen LogP contribution in [0.5, 0.6) is 11.5 Å². The van der Waals surface area contributed by atoms with Gasteiger partial charge in [-0.2, -0.15) is 0 Å². The zero-order valence-electron chi connectivity index (χ0n) is 19.4. The first kappa shape index (κ1) is 24.3. The number of hydrogen-bond acceptors (Lipinski definition) is 9. The van der Waals surface area contributed by atoms with Gasteiger partial charge in [0, 0.05) is 29.2 Å². The maximum atomic E-state index is 13.5. The Kier molecular flexibility index (Phi) is 6.28. The molecule has 2 heterocycles. The number of phenols is 2. The highest BCUT2D eigenvalue weighted by Crippen LogP contribution is 2.47. The molecule has 4 rings (SSSR count). The van der Waals surface area contributed by atoms with Gasteiger partial charge in [0.1, 0.15) is 11.5 Å². The van der Waals surface area contributed by atoms with Crippen LogP contribution in [-0.4, -0.2) is 87.4 Å². The second-order valence-corrected chi connectivity index (χ2v) is 9.42. The van der Waals surface area contributed by atoms with Gasteiger partial charge in [-0.1, -0.05) is 0 Å². The maximum Gasteiger partial charge on any atom is 0.305 e. The number of Topliss-reactive ketones (excluding diaryl/α,β-unsaturated/α-hetero) is 2. The summed E-state index contributed by atoms with van der Waals surface area (Å²) < 4.78 is 11.6. The smallest absolute Gasteiger partial charge is 0.305 e. The summed E-state index contributed by atoms with van der Waals surface area (Å²) in [6, 6.07) is 0.931. The quantitative estimate of drug-likeness (QED) is 0.472. The lowest BCUT2D eigenvalue weighted by molar-refractivity contribution is -0.142. The molecule has 10 heteroatoms. The van der Waals surface area contributed by atoms with Crippen LogP contribution >= 0.6 is 0 Å². The van der Waals surface area contributed by atoms with Crippen molar-refractivity contribution in [3.05, 3.63) is 33.9 Å². The Hall–Kier alpha value is -2.79. The SMILES string of the molecule is CC1OC(CC(=O)O)CC2=C1C(=O)c1c(O)c(C3CC(N(C)C)C(O)C(C)O3)cc(O)c1C2=O. The molecule has 1 saturated heterocycles. The van der Waals surface area contributed by atoms with Gasteiger partial charge < -0.3 is 34.8 Å². The monoisotopic (exact) mass is 475 g/mol. The molecule has 0 spiro atoms. The number of ketones is 2. The molecule has 3 aliphatic rings. The minimum Gasteiger partial charge on any atom is -0.507 e. The van der Waals surface area contributed by atoms with Gasteiger partial charge in [-0.05, 0) is 40.4 Å². The molecule has 0 aromatic heterocycles. The fraction of sp³-hybridized carbons (Fsp3) is 0.542. The third kappa shape index (κ3) is 3.90. The predicted octanol–water partition coefficient (Wildman–Crippen LogP) is 1.57. The number of phenolic OH excluding ortho intramolecular Hbond substituents is 2. The van der Waals surface area contributed by atoms with E-state index in [1.807, 2.05) is 19.0 Å². The van der Waals surface area contributed by atoms with Crippen molar-refractivity contribution in [2.75, 3.05) is 14.1 Å². The normalized spacial score (nSPS) is 31.5. The van der Waals surface area contributed by atoms with Crippen molar-refractivity contribution < 1.29 is 44.3 Å². The molecule has 0 amide bonds. The molecule has 10 nitrogen and oxygen atoms in total. The molecule has 1 aromatic carbocycles. The second kappa shape index (κ2) is 8.77. The molecule has 0 saturated carbocycles. The minimum absolute atomic E-state index is 0.0607. The molecule has 1 aliphatic carbocycles. The number of carbonyl (C=O) groups is 3. The highest BCUT2D eigenvalue weighted by molar-refractivity contribution is 6.29. The van der Waals surface area contributed by atoms with E-state index in [1.165, 1.54) is 6.07 Å². The van der Waals surface area contributed by atoms with Crippen LogP contribution < -0.4 is 0 Å². The number of carboxylic acids is 1. The Morgan fingerprint density at radius 1 is 1.12 bits per heavy atom. The number of hydrogen-bond donors (Lipinski definition) is 4. The van der Waals surface area contributed by atoms with E-state index in [2.05, 4.69) is 0 Å². The highest BCUT2D eigenvalue weighted by Gasteiger charge is 2.45. The molecule has 6 atom stereocenters. The Balaban J connectivity index is 1.77. The summed E-state index contributed by atoms with van der Waals surface area (Å²) in [5.74, 6) is -3.29. The molecular weight excluding hydrogens is 446 g/mol. The standard InChI is InChI=1S/C24H29NO9/c1-9-18-13(5-11(33-9)6-17(27)28)23(31)19-15(26)7-12(22(30)20(19)24(18)32)16-8-14(25(3)4)21(29)10(2)34-16/h7,9-11,14,16,21,26,29-30H,5-6,8H2,1-4H3,(H,27,28). The minimum atomic E-state index is -1.09. The first-order chi connectivity index (χ1) is 15.9. The number of aliphatic hydroxyl groups excluding tert-OH is 1. The van der Waals surface area contributed by atoms with Gasteiger partial charge in [-0.25, -0.2) is 0 Å². The molecule has 4 N–H and O–H groups in total. The van der Waals surface area contributed by atoms with E-state index in [0.29, 0.717) is 0 Å². The fourth-order valence-corrected chi connectivity index (χ4v) is 5.28. The van der Waals surface area contributed by atoms with Crippen molar-refractivity contribution >= 4 is 17.5 Å². The maximum absolute atomic E-state index is 13.5. The largest absolute Gasteiger partial charge is 0.507 e. The topological polar surface area (TPSA) is 154 Å². The molecule has 184 valence electrons. The van der Waals surface area contributed by atoms with Gasteiger partial charge >= 0.3 is 5.97 Å². The molecule has 0 bridgehead atoms. The number of nitrogens with zero attached hydrogens (tertiary/aromatic N) is 1. The second-order valence-electron chi connectivity index (χ2n) is 9.42. The van der Waals surface area contributed by atoms with E-state index < -0.39 is 59.6 Å². The molecule has 1 fully saturated rings. The van der Waals surface area contributed by atoms with Crippen molar-refractivity contribution in [3.8, 4) is 11.5 Å². The Labute approximate surface area is 196 Å². The average molecular weight is 475 g/mol. The summed E-state index contributed by atoms with van der Waals surface area (Å²) in [7, 11) is 3.62. The number of rotatable bonds is 4. The van der Waals surface area contributed by atoms with Crippen molar-refractivity contribution in [2.45, 2.75) is 69.7 Å². The van der Waals surface area contributed by atoms with Gasteiger partial charge in [-0.15, -0.1) is 0 Å². The lowest BCUT2D eigenvalue weighted by Gasteiger charge is -2.41. The zero-order chi connectivity index (χ0) is 25.1. The number of benzene rings is 1. The molecule has 6 unspecified atom stereocenters. The number of likely N-dealkylation sites (N-methyl/N-ethyl adjacent to an activating group) is 1. The number of ether oxygens (including phenoxy) is 2. The number of carboxylic acid groups (broad SMARTS) is 1. The van der Waals surface area contributed by atoms with E-state index in [0.717, 1.165) is 0 Å².